The Bertz CT molecular complexity index is 1640. The van der Waals surface area contributed by atoms with Crippen LogP contribution < -0.4 is 15.5 Å². The average molecular weight is 580 g/mol. The van der Waals surface area contributed by atoms with E-state index in [0.717, 1.165) is 21.0 Å². The molecule has 0 radical (unpaired) electrons. The number of urea groups is 1. The Hall–Kier alpha value is -4.27. The van der Waals surface area contributed by atoms with E-state index in [1.165, 1.54) is 23.9 Å². The number of nitrogens with one attached hydrogen (secondary N) is 2. The van der Waals surface area contributed by atoms with E-state index in [2.05, 4.69) is 22.8 Å². The molecular weight excluding hydrogens is 554 g/mol. The molecule has 41 heavy (non-hydrogen) atoms. The number of amides is 3. The van der Waals surface area contributed by atoms with Gasteiger partial charge in [0.25, 0.3) is 0 Å². The summed E-state index contributed by atoms with van der Waals surface area (Å²) >= 11 is 3.09. The zero-order valence-corrected chi connectivity index (χ0v) is 23.4. The summed E-state index contributed by atoms with van der Waals surface area (Å²) < 4.78 is 14.3. The van der Waals surface area contributed by atoms with Crippen molar-refractivity contribution in [3.8, 4) is 0 Å². The van der Waals surface area contributed by atoms with E-state index in [4.69, 9.17) is 0 Å². The number of para-hydroxylation sites is 2. The van der Waals surface area contributed by atoms with Crippen LogP contribution >= 0.6 is 23.5 Å². The maximum atomic E-state index is 14.3. The number of hydrogen-bond acceptors (Lipinski definition) is 4. The zero-order valence-electron chi connectivity index (χ0n) is 21.8. The molecule has 2 aliphatic rings. The smallest absolute Gasteiger partial charge is 0.322 e. The number of allylic oxidation sites excluding steroid dienone is 2. The summed E-state index contributed by atoms with van der Waals surface area (Å²) in [5.74, 6) is -0.836. The van der Waals surface area contributed by atoms with Gasteiger partial charge >= 0.3 is 6.03 Å². The molecule has 0 saturated carbocycles. The van der Waals surface area contributed by atoms with Crippen molar-refractivity contribution in [1.82, 2.24) is 0 Å². The van der Waals surface area contributed by atoms with Gasteiger partial charge < -0.3 is 10.6 Å². The molecule has 8 heteroatoms. The Morgan fingerprint density at radius 2 is 1.59 bits per heavy atom. The Morgan fingerprint density at radius 3 is 2.44 bits per heavy atom. The lowest BCUT2D eigenvalue weighted by Crippen LogP contribution is -2.49. The second kappa shape index (κ2) is 12.1. The number of anilines is 3. The van der Waals surface area contributed by atoms with Crippen LogP contribution in [-0.4, -0.2) is 23.2 Å². The Kier molecular flexibility index (Phi) is 7.93. The molecule has 5 nitrogen and oxygen atoms in total. The molecule has 6 rings (SSSR count). The second-order valence-corrected chi connectivity index (χ2v) is 11.9. The molecule has 4 aromatic rings. The lowest BCUT2D eigenvalue weighted by atomic mass is 10.1. The molecule has 1 aliphatic carbocycles. The number of carbonyl (C=O) groups excluding carboxylic acids is 2. The van der Waals surface area contributed by atoms with E-state index < -0.39 is 11.1 Å². The van der Waals surface area contributed by atoms with Crippen LogP contribution in [0.1, 0.15) is 10.8 Å². The Balaban J connectivity index is 1.24. The van der Waals surface area contributed by atoms with E-state index in [0.29, 0.717) is 5.69 Å². The van der Waals surface area contributed by atoms with Crippen molar-refractivity contribution in [2.75, 3.05) is 15.5 Å². The third kappa shape index (κ3) is 5.94. The quantitative estimate of drug-likeness (QED) is 0.226. The SMILES string of the molecule is O=C(Nc1ccccc1F)C(Sc1cccc(NC(=O)N2c3ccccc3SC3C=CC=CC32)c1)c1ccccc1. The van der Waals surface area contributed by atoms with E-state index in [1.807, 2.05) is 95.9 Å². The summed E-state index contributed by atoms with van der Waals surface area (Å²) in [6.45, 7) is 0. The minimum absolute atomic E-state index is 0.109. The number of hydrogen-bond donors (Lipinski definition) is 2. The topological polar surface area (TPSA) is 61.4 Å². The van der Waals surface area contributed by atoms with Crippen LogP contribution in [0.3, 0.4) is 0 Å². The van der Waals surface area contributed by atoms with Crippen molar-refractivity contribution < 1.29 is 14.0 Å². The average Bonchev–Trinajstić information content (AvgIpc) is 3.00. The van der Waals surface area contributed by atoms with Gasteiger partial charge in [0.2, 0.25) is 5.91 Å². The first-order chi connectivity index (χ1) is 20.1. The predicted octanol–water partition coefficient (Wildman–Crippen LogP) is 8.31. The third-order valence-electron chi connectivity index (χ3n) is 6.77. The lowest BCUT2D eigenvalue weighted by Gasteiger charge is -2.40. The fourth-order valence-electron chi connectivity index (χ4n) is 4.85. The monoisotopic (exact) mass is 579 g/mol. The number of halogens is 1. The largest absolute Gasteiger partial charge is 0.326 e. The lowest BCUT2D eigenvalue weighted by molar-refractivity contribution is -0.115. The van der Waals surface area contributed by atoms with Gasteiger partial charge in [0.1, 0.15) is 11.1 Å². The standard InChI is InChI=1S/C33H26FN3O2S2/c34-25-15-4-5-16-26(25)36-32(38)31(22-11-2-1-3-12-22)40-24-14-10-13-23(21-24)35-33(39)37-27-17-6-8-19-29(27)41-30-20-9-7-18-28(30)37/h1-21,27,29,31H,(H,35,39)(H,36,38). The van der Waals surface area contributed by atoms with Gasteiger partial charge in [0, 0.05) is 15.5 Å². The van der Waals surface area contributed by atoms with Crippen LogP contribution in [0.5, 0.6) is 0 Å². The van der Waals surface area contributed by atoms with Crippen molar-refractivity contribution >= 4 is 52.5 Å². The van der Waals surface area contributed by atoms with Crippen molar-refractivity contribution in [2.45, 2.75) is 26.3 Å². The molecule has 2 N–H and O–H groups in total. The van der Waals surface area contributed by atoms with E-state index in [9.17, 15) is 14.0 Å². The molecule has 0 spiro atoms. The summed E-state index contributed by atoms with van der Waals surface area (Å²) in [6.07, 6.45) is 8.17. The van der Waals surface area contributed by atoms with Gasteiger partial charge in [-0.25, -0.2) is 9.18 Å². The summed E-state index contributed by atoms with van der Waals surface area (Å²) in [7, 11) is 0. The predicted molar refractivity (Wildman–Crippen MR) is 166 cm³/mol. The summed E-state index contributed by atoms with van der Waals surface area (Å²) in [4.78, 5) is 30.8. The molecule has 0 saturated heterocycles. The van der Waals surface area contributed by atoms with Crippen molar-refractivity contribution in [3.05, 3.63) is 139 Å². The molecule has 0 fully saturated rings. The number of nitrogens with zero attached hydrogens (tertiary/aromatic N) is 1. The molecule has 1 aliphatic heterocycles. The zero-order chi connectivity index (χ0) is 28.2. The van der Waals surface area contributed by atoms with Gasteiger partial charge in [-0.2, -0.15) is 0 Å². The fraction of sp³-hybridized carbons (Fsp3) is 0.0909. The molecule has 3 atom stereocenters. The van der Waals surface area contributed by atoms with E-state index in [1.54, 1.807) is 23.9 Å². The van der Waals surface area contributed by atoms with Gasteiger partial charge in [-0.15, -0.1) is 23.5 Å². The Labute approximate surface area is 246 Å². The number of rotatable bonds is 6. The van der Waals surface area contributed by atoms with Crippen LogP contribution in [-0.2, 0) is 4.79 Å². The van der Waals surface area contributed by atoms with Gasteiger partial charge in [-0.05, 0) is 48.0 Å². The highest BCUT2D eigenvalue weighted by Gasteiger charge is 2.36. The third-order valence-corrected chi connectivity index (χ3v) is 9.33. The van der Waals surface area contributed by atoms with Crippen molar-refractivity contribution in [1.29, 1.82) is 0 Å². The molecule has 0 aromatic heterocycles. The molecule has 3 unspecified atom stereocenters. The molecule has 4 aromatic carbocycles. The first-order valence-corrected chi connectivity index (χ1v) is 14.9. The van der Waals surface area contributed by atoms with Crippen molar-refractivity contribution in [3.63, 3.8) is 0 Å². The number of thioether (sulfide) groups is 2. The maximum absolute atomic E-state index is 14.3. The minimum Gasteiger partial charge on any atom is -0.322 e. The highest BCUT2D eigenvalue weighted by molar-refractivity contribution is 8.00. The molecule has 3 amide bonds. The van der Waals surface area contributed by atoms with Crippen LogP contribution in [0.25, 0.3) is 0 Å². The second-order valence-electron chi connectivity index (χ2n) is 9.52. The fourth-order valence-corrected chi connectivity index (χ4v) is 7.20. The van der Waals surface area contributed by atoms with E-state index in [-0.39, 0.29) is 28.9 Å². The summed E-state index contributed by atoms with van der Waals surface area (Å²) in [5.41, 5.74) is 2.40. The first-order valence-electron chi connectivity index (χ1n) is 13.1. The first kappa shape index (κ1) is 26.9. The minimum atomic E-state index is -0.646. The summed E-state index contributed by atoms with van der Waals surface area (Å²) in [5, 5.41) is 5.28. The van der Waals surface area contributed by atoms with Crippen LogP contribution in [0.2, 0.25) is 0 Å². The molecule has 1 heterocycles. The maximum Gasteiger partial charge on any atom is 0.326 e. The van der Waals surface area contributed by atoms with Crippen molar-refractivity contribution in [2.24, 2.45) is 0 Å². The highest BCUT2D eigenvalue weighted by Crippen LogP contribution is 2.44. The van der Waals surface area contributed by atoms with Gasteiger partial charge in [-0.1, -0.05) is 85.0 Å². The van der Waals surface area contributed by atoms with Crippen LogP contribution in [0.4, 0.5) is 26.2 Å². The van der Waals surface area contributed by atoms with Crippen LogP contribution in [0, 0.1) is 5.82 Å². The van der Waals surface area contributed by atoms with Gasteiger partial charge in [0.05, 0.1) is 22.7 Å². The van der Waals surface area contributed by atoms with E-state index >= 15 is 0 Å². The highest BCUT2D eigenvalue weighted by atomic mass is 32.2. The molecular formula is C33H26FN3O2S2. The molecule has 0 bridgehead atoms. The number of carbonyl (C=O) groups is 2. The Morgan fingerprint density at radius 1 is 0.829 bits per heavy atom. The normalized spacial score (nSPS) is 17.7. The molecule has 204 valence electrons. The summed E-state index contributed by atoms with van der Waals surface area (Å²) in [6, 6.07) is 30.5. The number of benzene rings is 4. The van der Waals surface area contributed by atoms with Gasteiger partial charge in [-0.3, -0.25) is 9.69 Å². The van der Waals surface area contributed by atoms with Crippen LogP contribution in [0.15, 0.2) is 137 Å². The number of fused-ring (bicyclic) bond motifs is 2. The van der Waals surface area contributed by atoms with Gasteiger partial charge in [0.15, 0.2) is 0 Å².